The van der Waals surface area contributed by atoms with E-state index in [0.29, 0.717) is 35.8 Å². The highest BCUT2D eigenvalue weighted by Gasteiger charge is 2.26. The van der Waals surface area contributed by atoms with Crippen LogP contribution in [0.25, 0.3) is 0 Å². The second-order valence-electron chi connectivity index (χ2n) is 6.99. The maximum atomic E-state index is 13.0. The van der Waals surface area contributed by atoms with Crippen molar-refractivity contribution in [2.75, 3.05) is 25.2 Å². The molecule has 0 saturated carbocycles. The number of benzene rings is 2. The van der Waals surface area contributed by atoms with Gasteiger partial charge in [0.1, 0.15) is 0 Å². The van der Waals surface area contributed by atoms with Gasteiger partial charge in [-0.2, -0.15) is 4.31 Å². The van der Waals surface area contributed by atoms with Crippen molar-refractivity contribution < 1.29 is 22.7 Å². The van der Waals surface area contributed by atoms with Crippen LogP contribution in [0.5, 0.6) is 11.5 Å². The van der Waals surface area contributed by atoms with Gasteiger partial charge >= 0.3 is 0 Å². The highest BCUT2D eigenvalue weighted by Crippen LogP contribution is 2.40. The topological polar surface area (TPSA) is 84.9 Å². The van der Waals surface area contributed by atoms with Gasteiger partial charge < -0.3 is 14.8 Å². The zero-order chi connectivity index (χ0) is 20.4. The molecule has 2 aliphatic heterocycles. The molecule has 1 N–H and O–H groups in total. The largest absolute Gasteiger partial charge is 0.454 e. The number of fused-ring (bicyclic) bond motifs is 1. The number of rotatable bonds is 4. The van der Waals surface area contributed by atoms with E-state index in [4.69, 9.17) is 21.1 Å². The molecular formula is C20H21ClN2O5S. The van der Waals surface area contributed by atoms with Gasteiger partial charge in [-0.3, -0.25) is 4.79 Å². The summed E-state index contributed by atoms with van der Waals surface area (Å²) in [4.78, 5) is 12.8. The number of ether oxygens (including phenoxy) is 2. The lowest BCUT2D eigenvalue weighted by Gasteiger charge is -2.20. The third-order valence-corrected chi connectivity index (χ3v) is 7.16. The van der Waals surface area contributed by atoms with Crippen LogP contribution in [0.1, 0.15) is 36.0 Å². The molecule has 29 heavy (non-hydrogen) atoms. The zero-order valence-corrected chi connectivity index (χ0v) is 17.3. The van der Waals surface area contributed by atoms with Crippen LogP contribution in [0.4, 0.5) is 5.69 Å². The standard InChI is InChI=1S/C20H21ClN2O5S/c21-17-10-14(11-18-19(17)28-13-27-18)20(24)22-15-6-5-7-16(12-15)29(25,26)23-8-3-1-2-4-9-23/h5-7,10-12H,1-4,8-9,13H2,(H,22,24). The lowest BCUT2D eigenvalue weighted by Crippen LogP contribution is -2.32. The molecule has 154 valence electrons. The fourth-order valence-corrected chi connectivity index (χ4v) is 5.30. The van der Waals surface area contributed by atoms with Crippen LogP contribution < -0.4 is 14.8 Å². The van der Waals surface area contributed by atoms with Crippen molar-refractivity contribution >= 4 is 33.2 Å². The van der Waals surface area contributed by atoms with Gasteiger partial charge in [0.15, 0.2) is 11.5 Å². The van der Waals surface area contributed by atoms with Crippen LogP contribution in [0.15, 0.2) is 41.3 Å². The molecule has 0 unspecified atom stereocenters. The number of nitrogens with one attached hydrogen (secondary N) is 1. The first kappa shape index (κ1) is 20.0. The van der Waals surface area contributed by atoms with Crippen molar-refractivity contribution in [3.05, 3.63) is 47.0 Å². The summed E-state index contributed by atoms with van der Waals surface area (Å²) < 4.78 is 38.0. The molecule has 1 fully saturated rings. The Labute approximate surface area is 174 Å². The predicted molar refractivity (Wildman–Crippen MR) is 109 cm³/mol. The summed E-state index contributed by atoms with van der Waals surface area (Å²) >= 11 is 6.14. The molecule has 4 rings (SSSR count). The number of carbonyl (C=O) groups is 1. The van der Waals surface area contributed by atoms with Gasteiger partial charge in [0.2, 0.25) is 16.8 Å². The second-order valence-corrected chi connectivity index (χ2v) is 9.34. The minimum atomic E-state index is -3.60. The molecule has 2 aliphatic rings. The smallest absolute Gasteiger partial charge is 0.255 e. The quantitative estimate of drug-likeness (QED) is 0.786. The Morgan fingerprint density at radius 1 is 1.03 bits per heavy atom. The van der Waals surface area contributed by atoms with Gasteiger partial charge in [-0.25, -0.2) is 8.42 Å². The Hall–Kier alpha value is -2.29. The number of nitrogens with zero attached hydrogens (tertiary/aromatic N) is 1. The van der Waals surface area contributed by atoms with Crippen LogP contribution in [0, 0.1) is 0 Å². The Kier molecular flexibility index (Phi) is 5.67. The molecule has 0 radical (unpaired) electrons. The summed E-state index contributed by atoms with van der Waals surface area (Å²) in [5.74, 6) is 0.392. The lowest BCUT2D eigenvalue weighted by molar-refractivity contribution is 0.102. The average Bonchev–Trinajstić information content (AvgIpc) is 3.01. The summed E-state index contributed by atoms with van der Waals surface area (Å²) in [5.41, 5.74) is 0.680. The molecule has 0 aromatic heterocycles. The minimum Gasteiger partial charge on any atom is -0.454 e. The van der Waals surface area contributed by atoms with Gasteiger partial charge in [0.05, 0.1) is 9.92 Å². The normalized spacial score (nSPS) is 17.0. The summed E-state index contributed by atoms with van der Waals surface area (Å²) in [6.45, 7) is 1.10. The van der Waals surface area contributed by atoms with Gasteiger partial charge in [0, 0.05) is 24.3 Å². The van der Waals surface area contributed by atoms with Crippen molar-refractivity contribution in [2.24, 2.45) is 0 Å². The third-order valence-electron chi connectivity index (χ3n) is 4.98. The van der Waals surface area contributed by atoms with Crippen molar-refractivity contribution in [1.29, 1.82) is 0 Å². The number of hydrogen-bond acceptors (Lipinski definition) is 5. The number of amides is 1. The second kappa shape index (κ2) is 8.22. The van der Waals surface area contributed by atoms with Gasteiger partial charge in [-0.05, 0) is 43.2 Å². The van der Waals surface area contributed by atoms with E-state index in [1.807, 2.05) is 0 Å². The van der Waals surface area contributed by atoms with E-state index in [9.17, 15) is 13.2 Å². The van der Waals surface area contributed by atoms with Crippen molar-refractivity contribution in [3.8, 4) is 11.5 Å². The molecule has 2 aromatic rings. The molecule has 2 aromatic carbocycles. The van der Waals surface area contributed by atoms with Gasteiger partial charge in [-0.15, -0.1) is 0 Å². The van der Waals surface area contributed by atoms with E-state index in [2.05, 4.69) is 5.32 Å². The Bertz CT molecular complexity index is 1030. The van der Waals surface area contributed by atoms with Crippen LogP contribution in [0.3, 0.4) is 0 Å². The highest BCUT2D eigenvalue weighted by atomic mass is 35.5. The minimum absolute atomic E-state index is 0.0521. The Morgan fingerprint density at radius 3 is 2.55 bits per heavy atom. The molecule has 1 amide bonds. The van der Waals surface area contributed by atoms with Crippen molar-refractivity contribution in [2.45, 2.75) is 30.6 Å². The van der Waals surface area contributed by atoms with Gasteiger partial charge in [-0.1, -0.05) is 30.5 Å². The maximum Gasteiger partial charge on any atom is 0.255 e. The number of halogens is 1. The molecule has 0 spiro atoms. The third kappa shape index (κ3) is 4.19. The first-order valence-corrected chi connectivity index (χ1v) is 11.3. The van der Waals surface area contributed by atoms with E-state index < -0.39 is 15.9 Å². The number of carbonyl (C=O) groups excluding carboxylic acids is 1. The van der Waals surface area contributed by atoms with Crippen LogP contribution in [-0.4, -0.2) is 38.5 Å². The van der Waals surface area contributed by atoms with Crippen LogP contribution >= 0.6 is 11.6 Å². The van der Waals surface area contributed by atoms with Crippen LogP contribution in [0.2, 0.25) is 5.02 Å². The summed E-state index contributed by atoms with van der Waals surface area (Å²) in [6.07, 6.45) is 3.81. The fourth-order valence-electron chi connectivity index (χ4n) is 3.47. The number of hydrogen-bond donors (Lipinski definition) is 1. The molecule has 1 saturated heterocycles. The SMILES string of the molecule is O=C(Nc1cccc(S(=O)(=O)N2CCCCCC2)c1)c1cc(Cl)c2c(c1)OCO2. The fraction of sp³-hybridized carbons (Fsp3) is 0.350. The molecular weight excluding hydrogens is 416 g/mol. The Morgan fingerprint density at radius 2 is 1.79 bits per heavy atom. The summed E-state index contributed by atoms with van der Waals surface area (Å²) in [6, 6.07) is 9.32. The maximum absolute atomic E-state index is 13.0. The zero-order valence-electron chi connectivity index (χ0n) is 15.7. The Balaban J connectivity index is 1.55. The van der Waals surface area contributed by atoms with E-state index in [1.165, 1.54) is 16.4 Å². The van der Waals surface area contributed by atoms with E-state index in [0.717, 1.165) is 25.7 Å². The molecule has 2 heterocycles. The predicted octanol–water partition coefficient (Wildman–Crippen LogP) is 3.89. The monoisotopic (exact) mass is 436 g/mol. The molecule has 0 atom stereocenters. The summed E-state index contributed by atoms with van der Waals surface area (Å²) in [7, 11) is -3.60. The van der Waals surface area contributed by atoms with Gasteiger partial charge in [0.25, 0.3) is 5.91 Å². The van der Waals surface area contributed by atoms with Crippen LogP contribution in [-0.2, 0) is 10.0 Å². The average molecular weight is 437 g/mol. The molecule has 7 nitrogen and oxygen atoms in total. The van der Waals surface area contributed by atoms with Crippen molar-refractivity contribution in [1.82, 2.24) is 4.31 Å². The number of anilines is 1. The van der Waals surface area contributed by atoms with E-state index in [-0.39, 0.29) is 16.7 Å². The van der Waals surface area contributed by atoms with Crippen molar-refractivity contribution in [3.63, 3.8) is 0 Å². The number of sulfonamides is 1. The summed E-state index contributed by atoms with van der Waals surface area (Å²) in [5, 5.41) is 3.01. The van der Waals surface area contributed by atoms with E-state index in [1.54, 1.807) is 24.3 Å². The molecule has 9 heteroatoms. The first-order valence-electron chi connectivity index (χ1n) is 9.46. The molecule has 0 bridgehead atoms. The highest BCUT2D eigenvalue weighted by molar-refractivity contribution is 7.89. The lowest BCUT2D eigenvalue weighted by atomic mass is 10.2. The molecule has 0 aliphatic carbocycles. The van der Waals surface area contributed by atoms with E-state index >= 15 is 0 Å². The first-order chi connectivity index (χ1) is 13.9.